The Hall–Kier alpha value is -2.13. The second-order valence-electron chi connectivity index (χ2n) is 6.69. The fourth-order valence-corrected chi connectivity index (χ4v) is 3.50. The third-order valence-corrected chi connectivity index (χ3v) is 4.84. The molecule has 0 aromatic heterocycles. The van der Waals surface area contributed by atoms with Crippen molar-refractivity contribution in [1.29, 1.82) is 0 Å². The van der Waals surface area contributed by atoms with Crippen molar-refractivity contribution in [2.45, 2.75) is 45.3 Å². The normalized spacial score (nSPS) is 19.7. The molecule has 1 aliphatic heterocycles. The van der Waals surface area contributed by atoms with E-state index in [0.29, 0.717) is 6.04 Å². The van der Waals surface area contributed by atoms with Gasteiger partial charge in [0.15, 0.2) is 5.78 Å². The van der Waals surface area contributed by atoms with Gasteiger partial charge in [-0.3, -0.25) is 9.69 Å². The summed E-state index contributed by atoms with van der Waals surface area (Å²) in [7, 11) is 0. The number of benzene rings is 2. The molecule has 0 aliphatic carbocycles. The summed E-state index contributed by atoms with van der Waals surface area (Å²) in [5.74, 6) is 0.175. The number of likely N-dealkylation sites (tertiary alicyclic amines) is 1. The molecule has 0 radical (unpaired) electrons. The molecule has 1 heterocycles. The summed E-state index contributed by atoms with van der Waals surface area (Å²) < 4.78 is 0. The van der Waals surface area contributed by atoms with Crippen molar-refractivity contribution < 1.29 is 4.79 Å². The number of carbonyl (C=O) groups is 1. The summed E-state index contributed by atoms with van der Waals surface area (Å²) in [6, 6.07) is 19.1. The molecule has 2 atom stereocenters. The van der Waals surface area contributed by atoms with E-state index in [1.54, 1.807) is 6.92 Å². The van der Waals surface area contributed by atoms with E-state index in [1.165, 1.54) is 18.4 Å². The smallest absolute Gasteiger partial charge is 0.166 e. The second kappa shape index (κ2) is 7.63. The minimum atomic E-state index is -0.244. The molecule has 2 aromatic rings. The van der Waals surface area contributed by atoms with Gasteiger partial charge in [-0.05, 0) is 49.9 Å². The lowest BCUT2D eigenvalue weighted by molar-refractivity contribution is -0.122. The lowest BCUT2D eigenvalue weighted by Gasteiger charge is -2.39. The van der Waals surface area contributed by atoms with Crippen LogP contribution >= 0.6 is 0 Å². The number of piperidine rings is 1. The molecule has 0 amide bonds. The van der Waals surface area contributed by atoms with Crippen molar-refractivity contribution in [3.05, 3.63) is 54.6 Å². The Kier molecular flexibility index (Phi) is 5.31. The van der Waals surface area contributed by atoms with Crippen LogP contribution in [0.3, 0.4) is 0 Å². The van der Waals surface area contributed by atoms with Crippen molar-refractivity contribution >= 4 is 11.5 Å². The van der Waals surface area contributed by atoms with Gasteiger partial charge in [-0.25, -0.2) is 0 Å². The summed E-state index contributed by atoms with van der Waals surface area (Å²) >= 11 is 0. The van der Waals surface area contributed by atoms with E-state index in [0.717, 1.165) is 24.2 Å². The van der Waals surface area contributed by atoms with Gasteiger partial charge in [0.05, 0.1) is 0 Å². The predicted molar refractivity (Wildman–Crippen MR) is 100.0 cm³/mol. The second-order valence-corrected chi connectivity index (χ2v) is 6.69. The topological polar surface area (TPSA) is 32.3 Å². The summed E-state index contributed by atoms with van der Waals surface area (Å²) in [6.45, 7) is 4.88. The van der Waals surface area contributed by atoms with Crippen LogP contribution in [0.2, 0.25) is 0 Å². The average molecular weight is 322 g/mol. The molecule has 0 bridgehead atoms. The Morgan fingerprint density at radius 3 is 2.54 bits per heavy atom. The number of ketones is 1. The average Bonchev–Trinajstić information content (AvgIpc) is 2.61. The van der Waals surface area contributed by atoms with Gasteiger partial charge in [0.2, 0.25) is 0 Å². The van der Waals surface area contributed by atoms with E-state index < -0.39 is 0 Å². The molecule has 2 unspecified atom stereocenters. The first-order valence-corrected chi connectivity index (χ1v) is 8.83. The maximum absolute atomic E-state index is 12.2. The number of carbonyl (C=O) groups excluding carboxylic acids is 1. The maximum atomic E-state index is 12.2. The summed E-state index contributed by atoms with van der Waals surface area (Å²) in [4.78, 5) is 14.6. The molecular weight excluding hydrogens is 296 g/mol. The monoisotopic (exact) mass is 322 g/mol. The quantitative estimate of drug-likeness (QED) is 0.876. The van der Waals surface area contributed by atoms with E-state index in [4.69, 9.17) is 0 Å². The van der Waals surface area contributed by atoms with Crippen molar-refractivity contribution in [3.8, 4) is 11.1 Å². The Balaban J connectivity index is 1.81. The van der Waals surface area contributed by atoms with E-state index in [-0.39, 0.29) is 11.9 Å². The zero-order valence-electron chi connectivity index (χ0n) is 14.5. The number of nitrogens with one attached hydrogen (secondary N) is 1. The third kappa shape index (κ3) is 3.85. The molecule has 1 saturated heterocycles. The molecule has 0 saturated carbocycles. The van der Waals surface area contributed by atoms with Crippen molar-refractivity contribution in [2.75, 3.05) is 11.9 Å². The van der Waals surface area contributed by atoms with E-state index in [9.17, 15) is 4.79 Å². The summed E-state index contributed by atoms with van der Waals surface area (Å²) in [5.41, 5.74) is 3.34. The van der Waals surface area contributed by atoms with Crippen LogP contribution in [0.15, 0.2) is 54.6 Å². The van der Waals surface area contributed by atoms with Crippen LogP contribution in [0.4, 0.5) is 5.69 Å². The SMILES string of the molecule is CC(=O)C(Nc1cccc(-c2ccccc2)c1)N1CCCCC1C. The van der Waals surface area contributed by atoms with Crippen LogP contribution in [0.25, 0.3) is 11.1 Å². The Bertz CT molecular complexity index is 683. The van der Waals surface area contributed by atoms with E-state index >= 15 is 0 Å². The van der Waals surface area contributed by atoms with Crippen LogP contribution in [0.1, 0.15) is 33.1 Å². The molecular formula is C21H26N2O. The predicted octanol–water partition coefficient (Wildman–Crippen LogP) is 4.56. The van der Waals surface area contributed by atoms with Gasteiger partial charge in [-0.2, -0.15) is 0 Å². The molecule has 3 nitrogen and oxygen atoms in total. The minimum Gasteiger partial charge on any atom is -0.363 e. The highest BCUT2D eigenvalue weighted by molar-refractivity contribution is 5.84. The molecule has 1 N–H and O–H groups in total. The number of hydrogen-bond donors (Lipinski definition) is 1. The minimum absolute atomic E-state index is 0.175. The Morgan fingerprint density at radius 2 is 1.83 bits per heavy atom. The number of rotatable bonds is 5. The highest BCUT2D eigenvalue weighted by Crippen LogP contribution is 2.25. The Labute approximate surface area is 144 Å². The lowest BCUT2D eigenvalue weighted by atomic mass is 10.0. The first-order chi connectivity index (χ1) is 11.6. The molecule has 1 fully saturated rings. The molecule has 2 aromatic carbocycles. The summed E-state index contributed by atoms with van der Waals surface area (Å²) in [5, 5.41) is 3.47. The van der Waals surface area contributed by atoms with Gasteiger partial charge < -0.3 is 5.32 Å². The Morgan fingerprint density at radius 1 is 1.08 bits per heavy atom. The zero-order chi connectivity index (χ0) is 16.9. The van der Waals surface area contributed by atoms with Gasteiger partial charge in [0.25, 0.3) is 0 Å². The van der Waals surface area contributed by atoms with Gasteiger partial charge >= 0.3 is 0 Å². The molecule has 3 rings (SSSR count). The van der Waals surface area contributed by atoms with Crippen LogP contribution in [0, 0.1) is 0 Å². The van der Waals surface area contributed by atoms with Gasteiger partial charge in [-0.1, -0.05) is 48.9 Å². The number of hydrogen-bond acceptors (Lipinski definition) is 3. The molecule has 3 heteroatoms. The van der Waals surface area contributed by atoms with E-state index in [1.807, 2.05) is 30.3 Å². The highest BCUT2D eigenvalue weighted by Gasteiger charge is 2.28. The van der Waals surface area contributed by atoms with Crippen molar-refractivity contribution in [2.24, 2.45) is 0 Å². The van der Waals surface area contributed by atoms with Crippen molar-refractivity contribution in [1.82, 2.24) is 4.90 Å². The first kappa shape index (κ1) is 16.7. The summed E-state index contributed by atoms with van der Waals surface area (Å²) in [6.07, 6.45) is 3.34. The van der Waals surface area contributed by atoms with Crippen LogP contribution < -0.4 is 5.32 Å². The fraction of sp³-hybridized carbons (Fsp3) is 0.381. The number of nitrogens with zero attached hydrogens (tertiary/aromatic N) is 1. The fourth-order valence-electron chi connectivity index (χ4n) is 3.50. The van der Waals surface area contributed by atoms with Crippen LogP contribution in [-0.2, 0) is 4.79 Å². The third-order valence-electron chi connectivity index (χ3n) is 4.84. The van der Waals surface area contributed by atoms with Gasteiger partial charge in [0, 0.05) is 18.3 Å². The molecule has 0 spiro atoms. The van der Waals surface area contributed by atoms with Gasteiger partial charge in [-0.15, -0.1) is 0 Å². The number of anilines is 1. The van der Waals surface area contributed by atoms with E-state index in [2.05, 4.69) is 41.4 Å². The lowest BCUT2D eigenvalue weighted by Crippen LogP contribution is -2.52. The standard InChI is InChI=1S/C21H26N2O/c1-16-9-6-7-14-23(16)21(17(2)24)22-20-13-8-12-19(15-20)18-10-4-3-5-11-18/h3-5,8,10-13,15-16,21-22H,6-7,9,14H2,1-2H3. The zero-order valence-corrected chi connectivity index (χ0v) is 14.5. The maximum Gasteiger partial charge on any atom is 0.166 e. The van der Waals surface area contributed by atoms with Crippen molar-refractivity contribution in [3.63, 3.8) is 0 Å². The van der Waals surface area contributed by atoms with Gasteiger partial charge in [0.1, 0.15) is 6.17 Å². The number of Topliss-reactive ketones (excluding diaryl/α,β-unsaturated/α-hetero) is 1. The van der Waals surface area contributed by atoms with Crippen LogP contribution in [0.5, 0.6) is 0 Å². The molecule has 126 valence electrons. The molecule has 24 heavy (non-hydrogen) atoms. The van der Waals surface area contributed by atoms with Crippen LogP contribution in [-0.4, -0.2) is 29.4 Å². The molecule has 1 aliphatic rings. The first-order valence-electron chi connectivity index (χ1n) is 8.83. The largest absolute Gasteiger partial charge is 0.363 e. The highest BCUT2D eigenvalue weighted by atomic mass is 16.1.